The molecular weight excluding hydrogens is 270 g/mol. The molecule has 1 aromatic carbocycles. The highest BCUT2D eigenvalue weighted by Gasteiger charge is 2.16. The van der Waals surface area contributed by atoms with Crippen molar-refractivity contribution in [2.75, 3.05) is 0 Å². The fourth-order valence-electron chi connectivity index (χ4n) is 2.68. The second-order valence-electron chi connectivity index (χ2n) is 6.09. The van der Waals surface area contributed by atoms with Crippen molar-refractivity contribution < 1.29 is 0 Å². The Kier molecular flexibility index (Phi) is 3.80. The van der Waals surface area contributed by atoms with E-state index in [1.165, 1.54) is 11.1 Å². The zero-order valence-corrected chi connectivity index (χ0v) is 13.5. The molecule has 0 bridgehead atoms. The average molecular weight is 291 g/mol. The van der Waals surface area contributed by atoms with Crippen LogP contribution in [-0.4, -0.2) is 15.0 Å². The summed E-state index contributed by atoms with van der Waals surface area (Å²) in [4.78, 5) is 12.8. The summed E-state index contributed by atoms with van der Waals surface area (Å²) in [5.41, 5.74) is 6.54. The Bertz CT molecular complexity index is 765. The SMILES string of the molecule is Cc1cc(C)cc(-c2nc(C(C)C)[nH]c2-c2ccccn2)c1. The van der Waals surface area contributed by atoms with E-state index in [2.05, 4.69) is 55.9 Å². The Labute approximate surface area is 131 Å². The van der Waals surface area contributed by atoms with Gasteiger partial charge in [0.1, 0.15) is 5.82 Å². The molecule has 3 aromatic rings. The second kappa shape index (κ2) is 5.76. The molecule has 1 N–H and O–H groups in total. The smallest absolute Gasteiger partial charge is 0.109 e. The lowest BCUT2D eigenvalue weighted by atomic mass is 10.0. The maximum Gasteiger partial charge on any atom is 0.109 e. The lowest BCUT2D eigenvalue weighted by Gasteiger charge is -2.05. The molecule has 0 aliphatic carbocycles. The Hall–Kier alpha value is -2.42. The van der Waals surface area contributed by atoms with Crippen molar-refractivity contribution in [1.82, 2.24) is 15.0 Å². The molecule has 0 spiro atoms. The van der Waals surface area contributed by atoms with Crippen molar-refractivity contribution in [2.24, 2.45) is 0 Å². The van der Waals surface area contributed by atoms with Crippen molar-refractivity contribution in [3.05, 3.63) is 59.5 Å². The number of rotatable bonds is 3. The van der Waals surface area contributed by atoms with E-state index in [0.717, 1.165) is 28.5 Å². The van der Waals surface area contributed by atoms with E-state index in [0.29, 0.717) is 5.92 Å². The summed E-state index contributed by atoms with van der Waals surface area (Å²) in [5, 5.41) is 0. The molecule has 22 heavy (non-hydrogen) atoms. The van der Waals surface area contributed by atoms with Crippen molar-refractivity contribution in [3.63, 3.8) is 0 Å². The Morgan fingerprint density at radius 3 is 2.32 bits per heavy atom. The lowest BCUT2D eigenvalue weighted by molar-refractivity contribution is 0.795. The van der Waals surface area contributed by atoms with Gasteiger partial charge in [-0.3, -0.25) is 4.98 Å². The average Bonchev–Trinajstić information content (AvgIpc) is 2.92. The number of benzene rings is 1. The molecule has 2 aromatic heterocycles. The van der Waals surface area contributed by atoms with E-state index in [1.807, 2.05) is 24.4 Å². The van der Waals surface area contributed by atoms with E-state index in [9.17, 15) is 0 Å². The standard InChI is InChI=1S/C19H21N3/c1-12(2)19-21-17(15-10-13(3)9-14(4)11-15)18(22-19)16-7-5-6-8-20-16/h5-12H,1-4H3,(H,21,22). The summed E-state index contributed by atoms with van der Waals surface area (Å²) in [7, 11) is 0. The first-order valence-electron chi connectivity index (χ1n) is 7.64. The second-order valence-corrected chi connectivity index (χ2v) is 6.09. The molecule has 0 unspecified atom stereocenters. The van der Waals surface area contributed by atoms with Gasteiger partial charge in [-0.25, -0.2) is 4.98 Å². The van der Waals surface area contributed by atoms with Gasteiger partial charge in [0.15, 0.2) is 0 Å². The van der Waals surface area contributed by atoms with Gasteiger partial charge in [0.05, 0.1) is 17.1 Å². The maximum atomic E-state index is 4.84. The van der Waals surface area contributed by atoms with Gasteiger partial charge in [-0.05, 0) is 38.1 Å². The predicted molar refractivity (Wildman–Crippen MR) is 90.8 cm³/mol. The highest BCUT2D eigenvalue weighted by Crippen LogP contribution is 2.31. The van der Waals surface area contributed by atoms with Crippen molar-refractivity contribution >= 4 is 0 Å². The molecule has 0 radical (unpaired) electrons. The van der Waals surface area contributed by atoms with Gasteiger partial charge < -0.3 is 4.98 Å². The highest BCUT2D eigenvalue weighted by atomic mass is 15.0. The van der Waals surface area contributed by atoms with Crippen LogP contribution in [0.5, 0.6) is 0 Å². The van der Waals surface area contributed by atoms with Gasteiger partial charge in [-0.15, -0.1) is 0 Å². The number of aromatic amines is 1. The molecular formula is C19H21N3. The molecule has 0 fully saturated rings. The molecule has 3 heteroatoms. The van der Waals surface area contributed by atoms with Crippen LogP contribution in [-0.2, 0) is 0 Å². The number of nitrogens with one attached hydrogen (secondary N) is 1. The first-order valence-corrected chi connectivity index (χ1v) is 7.64. The highest BCUT2D eigenvalue weighted by molar-refractivity contribution is 5.77. The Morgan fingerprint density at radius 1 is 1.00 bits per heavy atom. The molecule has 3 nitrogen and oxygen atoms in total. The van der Waals surface area contributed by atoms with E-state index in [1.54, 1.807) is 0 Å². The molecule has 0 aliphatic heterocycles. The number of aryl methyl sites for hydroxylation is 2. The van der Waals surface area contributed by atoms with Crippen molar-refractivity contribution in [2.45, 2.75) is 33.6 Å². The summed E-state index contributed by atoms with van der Waals surface area (Å²) in [6, 6.07) is 12.5. The third-order valence-corrected chi connectivity index (χ3v) is 3.69. The van der Waals surface area contributed by atoms with E-state index < -0.39 is 0 Å². The molecule has 0 aliphatic rings. The van der Waals surface area contributed by atoms with Gasteiger partial charge in [0.25, 0.3) is 0 Å². The van der Waals surface area contributed by atoms with Crippen molar-refractivity contribution in [1.29, 1.82) is 0 Å². The topological polar surface area (TPSA) is 41.6 Å². The molecule has 2 heterocycles. The first-order chi connectivity index (χ1) is 10.5. The van der Waals surface area contributed by atoms with Crippen LogP contribution in [0.1, 0.15) is 36.7 Å². The van der Waals surface area contributed by atoms with Crippen LogP contribution >= 0.6 is 0 Å². The van der Waals surface area contributed by atoms with Crippen LogP contribution in [0.4, 0.5) is 0 Å². The quantitative estimate of drug-likeness (QED) is 0.747. The van der Waals surface area contributed by atoms with Gasteiger partial charge >= 0.3 is 0 Å². The number of aromatic nitrogens is 3. The molecule has 0 amide bonds. The minimum absolute atomic E-state index is 0.349. The van der Waals surface area contributed by atoms with Crippen LogP contribution in [0.2, 0.25) is 0 Å². The zero-order valence-electron chi connectivity index (χ0n) is 13.5. The fourth-order valence-corrected chi connectivity index (χ4v) is 2.68. The van der Waals surface area contributed by atoms with E-state index in [4.69, 9.17) is 4.98 Å². The largest absolute Gasteiger partial charge is 0.340 e. The normalized spacial score (nSPS) is 11.1. The molecule has 0 saturated carbocycles. The first kappa shape index (κ1) is 14.5. The molecule has 0 saturated heterocycles. The summed E-state index contributed by atoms with van der Waals surface area (Å²) < 4.78 is 0. The number of hydrogen-bond donors (Lipinski definition) is 1. The van der Waals surface area contributed by atoms with Gasteiger partial charge in [-0.2, -0.15) is 0 Å². The van der Waals surface area contributed by atoms with Crippen LogP contribution in [0.3, 0.4) is 0 Å². The van der Waals surface area contributed by atoms with Gasteiger partial charge in [-0.1, -0.05) is 37.1 Å². The number of H-pyrrole nitrogens is 1. The molecule has 112 valence electrons. The molecule has 3 rings (SSSR count). The van der Waals surface area contributed by atoms with Crippen molar-refractivity contribution in [3.8, 4) is 22.6 Å². The monoisotopic (exact) mass is 291 g/mol. The van der Waals surface area contributed by atoms with Crippen LogP contribution in [0.15, 0.2) is 42.6 Å². The minimum Gasteiger partial charge on any atom is -0.340 e. The third-order valence-electron chi connectivity index (χ3n) is 3.69. The number of pyridine rings is 1. The third kappa shape index (κ3) is 2.80. The number of hydrogen-bond acceptors (Lipinski definition) is 2. The van der Waals surface area contributed by atoms with Crippen LogP contribution in [0, 0.1) is 13.8 Å². The predicted octanol–water partition coefficient (Wildman–Crippen LogP) is 4.88. The van der Waals surface area contributed by atoms with E-state index >= 15 is 0 Å². The lowest BCUT2D eigenvalue weighted by Crippen LogP contribution is -1.89. The van der Waals surface area contributed by atoms with Crippen LogP contribution in [0.25, 0.3) is 22.6 Å². The van der Waals surface area contributed by atoms with Gasteiger partial charge in [0.2, 0.25) is 0 Å². The summed E-state index contributed by atoms with van der Waals surface area (Å²) >= 11 is 0. The Morgan fingerprint density at radius 2 is 1.73 bits per heavy atom. The van der Waals surface area contributed by atoms with Gasteiger partial charge in [0, 0.05) is 17.7 Å². The van der Waals surface area contributed by atoms with Crippen LogP contribution < -0.4 is 0 Å². The zero-order chi connectivity index (χ0) is 15.7. The van der Waals surface area contributed by atoms with E-state index in [-0.39, 0.29) is 0 Å². The number of nitrogens with zero attached hydrogens (tertiary/aromatic N) is 2. The number of imidazole rings is 1. The Balaban J connectivity index is 2.21. The summed E-state index contributed by atoms with van der Waals surface area (Å²) in [6.45, 7) is 8.53. The summed E-state index contributed by atoms with van der Waals surface area (Å²) in [6.07, 6.45) is 1.82. The fraction of sp³-hybridized carbons (Fsp3) is 0.263. The minimum atomic E-state index is 0.349. The maximum absolute atomic E-state index is 4.84. The molecule has 0 atom stereocenters. The summed E-state index contributed by atoms with van der Waals surface area (Å²) in [5.74, 6) is 1.34.